The van der Waals surface area contributed by atoms with E-state index in [0.29, 0.717) is 6.42 Å². The van der Waals surface area contributed by atoms with Crippen molar-refractivity contribution < 1.29 is 8.42 Å². The number of anilines is 1. The van der Waals surface area contributed by atoms with E-state index in [9.17, 15) is 8.42 Å². The number of rotatable bonds is 5. The predicted octanol–water partition coefficient (Wildman–Crippen LogP) is 1.20. The molecule has 3 N–H and O–H groups in total. The topological polar surface area (TPSA) is 85.1 Å². The molecule has 0 aromatic carbocycles. The maximum Gasteiger partial charge on any atom is 0.243 e. The van der Waals surface area contributed by atoms with Gasteiger partial charge in [0.05, 0.1) is 4.99 Å². The van der Waals surface area contributed by atoms with Gasteiger partial charge in [0.15, 0.2) is 0 Å². The molecular weight excluding hydrogens is 258 g/mol. The van der Waals surface area contributed by atoms with Gasteiger partial charge in [0, 0.05) is 6.20 Å². The molecule has 7 heteroatoms. The van der Waals surface area contributed by atoms with Gasteiger partial charge in [0.1, 0.15) is 11.1 Å². The molecular formula is C10H15N3O2S2. The van der Waals surface area contributed by atoms with Crippen molar-refractivity contribution in [1.29, 1.82) is 0 Å². The van der Waals surface area contributed by atoms with Crippen molar-refractivity contribution in [2.75, 3.05) is 4.72 Å². The van der Waals surface area contributed by atoms with E-state index in [-0.39, 0.29) is 10.8 Å². The minimum absolute atomic E-state index is 0.0346. The van der Waals surface area contributed by atoms with Crippen molar-refractivity contribution in [3.63, 3.8) is 0 Å². The number of aryl methyl sites for hydroxylation is 1. The molecule has 1 aromatic rings. The Hall–Kier alpha value is -1.21. The zero-order chi connectivity index (χ0) is 13.1. The Balaban J connectivity index is 2.97. The highest BCUT2D eigenvalue weighted by molar-refractivity contribution is 7.95. The lowest BCUT2D eigenvalue weighted by atomic mass is 10.3. The monoisotopic (exact) mass is 273 g/mol. The van der Waals surface area contributed by atoms with Crippen molar-refractivity contribution in [1.82, 2.24) is 4.98 Å². The van der Waals surface area contributed by atoms with Crippen LogP contribution in [0.15, 0.2) is 18.3 Å². The van der Waals surface area contributed by atoms with E-state index in [2.05, 4.69) is 9.71 Å². The lowest BCUT2D eigenvalue weighted by molar-refractivity contribution is 0.594. The summed E-state index contributed by atoms with van der Waals surface area (Å²) in [4.78, 5) is 3.89. The highest BCUT2D eigenvalue weighted by Crippen LogP contribution is 2.13. The molecule has 0 aliphatic heterocycles. The number of nitrogens with zero attached hydrogens (tertiary/aromatic N) is 1. The molecule has 0 bridgehead atoms. The summed E-state index contributed by atoms with van der Waals surface area (Å²) >= 11 is 4.74. The van der Waals surface area contributed by atoms with Crippen LogP contribution in [0.5, 0.6) is 0 Å². The fourth-order valence-corrected chi connectivity index (χ4v) is 3.22. The molecule has 1 aromatic heterocycles. The molecule has 1 unspecified atom stereocenters. The van der Waals surface area contributed by atoms with Crippen molar-refractivity contribution >= 4 is 33.0 Å². The number of pyridine rings is 1. The van der Waals surface area contributed by atoms with Crippen LogP contribution >= 0.6 is 12.2 Å². The molecule has 0 aliphatic carbocycles. The fraction of sp³-hybridized carbons (Fsp3) is 0.400. The van der Waals surface area contributed by atoms with Crippen molar-refractivity contribution in [2.24, 2.45) is 5.73 Å². The van der Waals surface area contributed by atoms with Gasteiger partial charge in [-0.15, -0.1) is 0 Å². The van der Waals surface area contributed by atoms with E-state index >= 15 is 0 Å². The molecule has 0 aliphatic rings. The summed E-state index contributed by atoms with van der Waals surface area (Å²) in [7, 11) is -3.62. The van der Waals surface area contributed by atoms with Crippen molar-refractivity contribution in [3.05, 3.63) is 23.9 Å². The first kappa shape index (κ1) is 13.9. The summed E-state index contributed by atoms with van der Waals surface area (Å²) in [5.74, 6) is 0.278. The highest BCUT2D eigenvalue weighted by Gasteiger charge is 2.26. The van der Waals surface area contributed by atoms with Crippen molar-refractivity contribution in [3.8, 4) is 0 Å². The summed E-state index contributed by atoms with van der Waals surface area (Å²) in [6.45, 7) is 3.57. The zero-order valence-electron chi connectivity index (χ0n) is 9.67. The Morgan fingerprint density at radius 1 is 1.65 bits per heavy atom. The van der Waals surface area contributed by atoms with Crippen LogP contribution in [-0.2, 0) is 10.0 Å². The number of nitrogens with one attached hydrogen (secondary N) is 1. The second-order valence-corrected chi connectivity index (χ2v) is 6.00. The quantitative estimate of drug-likeness (QED) is 0.787. The van der Waals surface area contributed by atoms with Gasteiger partial charge in [-0.2, -0.15) is 0 Å². The maximum absolute atomic E-state index is 12.0. The number of hydrogen-bond acceptors (Lipinski definition) is 4. The van der Waals surface area contributed by atoms with Gasteiger partial charge in [-0.3, -0.25) is 4.72 Å². The average Bonchev–Trinajstić information content (AvgIpc) is 2.16. The smallest absolute Gasteiger partial charge is 0.243 e. The summed E-state index contributed by atoms with van der Waals surface area (Å²) in [6, 6.07) is 3.42. The number of thiocarbonyl (C=S) groups is 1. The molecule has 0 amide bonds. The SMILES string of the molecule is CCC(C(N)=S)S(=O)(=O)Nc1cc(C)ccn1. The van der Waals surface area contributed by atoms with Gasteiger partial charge in [0.25, 0.3) is 0 Å². The molecule has 17 heavy (non-hydrogen) atoms. The minimum Gasteiger partial charge on any atom is -0.392 e. The van der Waals surface area contributed by atoms with Gasteiger partial charge in [0.2, 0.25) is 10.0 Å². The molecule has 0 saturated heterocycles. The van der Waals surface area contributed by atoms with Crippen LogP contribution < -0.4 is 10.5 Å². The molecule has 0 spiro atoms. The maximum atomic E-state index is 12.0. The molecule has 5 nitrogen and oxygen atoms in total. The van der Waals surface area contributed by atoms with E-state index in [1.165, 1.54) is 6.20 Å². The Labute approximate surface area is 106 Å². The summed E-state index contributed by atoms with van der Waals surface area (Å²) < 4.78 is 26.3. The van der Waals surface area contributed by atoms with E-state index in [1.807, 2.05) is 6.92 Å². The van der Waals surface area contributed by atoms with Crippen LogP contribution in [0.3, 0.4) is 0 Å². The standard InChI is InChI=1S/C10H15N3O2S2/c1-3-8(10(11)16)17(14,15)13-9-6-7(2)4-5-12-9/h4-6,8H,3H2,1-2H3,(H2,11,16)(H,12,13). The first-order valence-electron chi connectivity index (χ1n) is 5.10. The van der Waals surface area contributed by atoms with Crippen LogP contribution in [-0.4, -0.2) is 23.6 Å². The third-order valence-electron chi connectivity index (χ3n) is 2.22. The van der Waals surface area contributed by atoms with Gasteiger partial charge in [-0.1, -0.05) is 19.1 Å². The minimum atomic E-state index is -3.62. The molecule has 0 saturated carbocycles. The molecule has 0 fully saturated rings. The lowest BCUT2D eigenvalue weighted by Crippen LogP contribution is -2.37. The average molecular weight is 273 g/mol. The third-order valence-corrected chi connectivity index (χ3v) is 4.49. The van der Waals surface area contributed by atoms with E-state index in [1.54, 1.807) is 19.1 Å². The number of hydrogen-bond donors (Lipinski definition) is 2. The lowest BCUT2D eigenvalue weighted by Gasteiger charge is -2.15. The summed E-state index contributed by atoms with van der Waals surface area (Å²) in [5.41, 5.74) is 6.33. The van der Waals surface area contributed by atoms with E-state index in [0.717, 1.165) is 5.56 Å². The predicted molar refractivity (Wildman–Crippen MR) is 72.4 cm³/mol. The Kier molecular flexibility index (Phi) is 4.41. The fourth-order valence-electron chi connectivity index (χ4n) is 1.38. The van der Waals surface area contributed by atoms with Crippen LogP contribution in [0.25, 0.3) is 0 Å². The first-order chi connectivity index (χ1) is 7.86. The number of nitrogens with two attached hydrogens (primary N) is 1. The van der Waals surface area contributed by atoms with Crippen LogP contribution in [0, 0.1) is 6.92 Å². The second-order valence-electron chi connectivity index (χ2n) is 3.66. The number of aromatic nitrogens is 1. The highest BCUT2D eigenvalue weighted by atomic mass is 32.2. The van der Waals surface area contributed by atoms with Gasteiger partial charge >= 0.3 is 0 Å². The Morgan fingerprint density at radius 3 is 2.76 bits per heavy atom. The molecule has 1 rings (SSSR count). The van der Waals surface area contributed by atoms with Crippen LogP contribution in [0.1, 0.15) is 18.9 Å². The normalized spacial score (nSPS) is 13.1. The summed E-state index contributed by atoms with van der Waals surface area (Å²) in [5, 5.41) is -0.875. The molecule has 1 atom stereocenters. The zero-order valence-corrected chi connectivity index (χ0v) is 11.3. The van der Waals surface area contributed by atoms with E-state index in [4.69, 9.17) is 18.0 Å². The largest absolute Gasteiger partial charge is 0.392 e. The molecule has 1 heterocycles. The first-order valence-corrected chi connectivity index (χ1v) is 7.06. The second kappa shape index (κ2) is 5.42. The third kappa shape index (κ3) is 3.64. The van der Waals surface area contributed by atoms with E-state index < -0.39 is 15.3 Å². The molecule has 94 valence electrons. The Bertz CT molecular complexity index is 514. The van der Waals surface area contributed by atoms with Crippen LogP contribution in [0.4, 0.5) is 5.82 Å². The van der Waals surface area contributed by atoms with Gasteiger partial charge < -0.3 is 5.73 Å². The number of sulfonamides is 1. The molecule has 0 radical (unpaired) electrons. The van der Waals surface area contributed by atoms with Gasteiger partial charge in [-0.05, 0) is 31.0 Å². The van der Waals surface area contributed by atoms with Gasteiger partial charge in [-0.25, -0.2) is 13.4 Å². The van der Waals surface area contributed by atoms with Crippen molar-refractivity contribution in [2.45, 2.75) is 25.5 Å². The Morgan fingerprint density at radius 2 is 2.29 bits per heavy atom. The van der Waals surface area contributed by atoms with Crippen LogP contribution in [0.2, 0.25) is 0 Å². The summed E-state index contributed by atoms with van der Waals surface area (Å²) in [6.07, 6.45) is 1.87.